The average Bonchev–Trinajstić information content (AvgIpc) is 3.32. The fourth-order valence-electron chi connectivity index (χ4n) is 4.52. The average molecular weight is 594 g/mol. The van der Waals surface area contributed by atoms with Gasteiger partial charge in [-0.1, -0.05) is 18.2 Å². The predicted molar refractivity (Wildman–Crippen MR) is 158 cm³/mol. The molecule has 1 aliphatic rings. The standard InChI is InChI=1S/C31H36FN5O6/c1-6-42-29(39)27-25(33)26(20-13-15-36(16-14-20)30(40)43-31(2,3)4)35-37(27)22-10-7-19(8-11-22)18-34-28(38)23-17-21(32)9-12-24(23)41-5/h7-13,17H,6,14-16,18,33H2,1-5H3,(H,34,38). The molecule has 3 aromatic rings. The summed E-state index contributed by atoms with van der Waals surface area (Å²) >= 11 is 0. The Hall–Kier alpha value is -4.87. The number of aromatic nitrogens is 2. The number of amides is 2. The van der Waals surface area contributed by atoms with Crippen LogP contribution in [0.5, 0.6) is 5.75 Å². The molecule has 12 heteroatoms. The summed E-state index contributed by atoms with van der Waals surface area (Å²) in [5, 5.41) is 7.43. The Morgan fingerprint density at radius 3 is 2.44 bits per heavy atom. The van der Waals surface area contributed by atoms with Crippen molar-refractivity contribution in [2.75, 3.05) is 32.5 Å². The number of carbonyl (C=O) groups excluding carboxylic acids is 3. The largest absolute Gasteiger partial charge is 0.496 e. The van der Waals surface area contributed by atoms with Crippen LogP contribution in [0.15, 0.2) is 48.5 Å². The minimum absolute atomic E-state index is 0.0870. The zero-order valence-corrected chi connectivity index (χ0v) is 24.9. The maximum atomic E-state index is 13.7. The van der Waals surface area contributed by atoms with Gasteiger partial charge < -0.3 is 30.2 Å². The Balaban J connectivity index is 1.55. The summed E-state index contributed by atoms with van der Waals surface area (Å²) in [4.78, 5) is 39.7. The van der Waals surface area contributed by atoms with Crippen molar-refractivity contribution in [1.29, 1.82) is 0 Å². The zero-order chi connectivity index (χ0) is 31.3. The van der Waals surface area contributed by atoms with Gasteiger partial charge in [0.1, 0.15) is 22.9 Å². The topological polar surface area (TPSA) is 138 Å². The Bertz CT molecular complexity index is 1540. The van der Waals surface area contributed by atoms with E-state index in [9.17, 15) is 18.8 Å². The van der Waals surface area contributed by atoms with Crippen LogP contribution in [0.25, 0.3) is 11.3 Å². The van der Waals surface area contributed by atoms with Gasteiger partial charge in [0, 0.05) is 19.6 Å². The molecule has 2 aromatic carbocycles. The summed E-state index contributed by atoms with van der Waals surface area (Å²) in [5.74, 6) is -1.39. The molecule has 1 aliphatic heterocycles. The van der Waals surface area contributed by atoms with E-state index in [2.05, 4.69) is 10.4 Å². The normalized spacial score (nSPS) is 13.3. The number of methoxy groups -OCH3 is 1. The lowest BCUT2D eigenvalue weighted by molar-refractivity contribution is 0.0270. The monoisotopic (exact) mass is 593 g/mol. The number of nitrogens with one attached hydrogen (secondary N) is 1. The number of ether oxygens (including phenoxy) is 3. The number of nitrogens with zero attached hydrogens (tertiary/aromatic N) is 3. The Morgan fingerprint density at radius 2 is 1.84 bits per heavy atom. The van der Waals surface area contributed by atoms with Crippen LogP contribution in [-0.2, 0) is 16.0 Å². The van der Waals surface area contributed by atoms with Crippen LogP contribution >= 0.6 is 0 Å². The van der Waals surface area contributed by atoms with Crippen molar-refractivity contribution in [1.82, 2.24) is 20.0 Å². The van der Waals surface area contributed by atoms with Crippen LogP contribution < -0.4 is 15.8 Å². The van der Waals surface area contributed by atoms with Gasteiger partial charge >= 0.3 is 12.1 Å². The first-order valence-corrected chi connectivity index (χ1v) is 13.9. The van der Waals surface area contributed by atoms with Crippen LogP contribution in [0.3, 0.4) is 0 Å². The SMILES string of the molecule is CCOC(=O)c1c(N)c(C2=CCN(C(=O)OC(C)(C)C)CC2)nn1-c1ccc(CNC(=O)c2cc(F)ccc2OC)cc1. The summed E-state index contributed by atoms with van der Waals surface area (Å²) in [7, 11) is 1.41. The molecule has 228 valence electrons. The van der Waals surface area contributed by atoms with Crippen LogP contribution in [0.4, 0.5) is 14.9 Å². The first-order chi connectivity index (χ1) is 20.4. The quantitative estimate of drug-likeness (QED) is 0.358. The summed E-state index contributed by atoms with van der Waals surface area (Å²) in [6.07, 6.45) is 1.92. The molecule has 0 unspecified atom stereocenters. The number of hydrogen-bond donors (Lipinski definition) is 2. The van der Waals surface area contributed by atoms with E-state index >= 15 is 0 Å². The van der Waals surface area contributed by atoms with Gasteiger partial charge in [-0.3, -0.25) is 4.79 Å². The van der Waals surface area contributed by atoms with Gasteiger partial charge in [-0.25, -0.2) is 18.7 Å². The van der Waals surface area contributed by atoms with Gasteiger partial charge in [-0.2, -0.15) is 5.10 Å². The molecule has 0 radical (unpaired) electrons. The maximum absolute atomic E-state index is 13.7. The second kappa shape index (κ2) is 13.0. The smallest absolute Gasteiger partial charge is 0.410 e. The number of carbonyl (C=O) groups is 3. The Labute approximate surface area is 249 Å². The highest BCUT2D eigenvalue weighted by Crippen LogP contribution is 2.31. The number of halogens is 1. The van der Waals surface area contributed by atoms with Crippen LogP contribution in [0, 0.1) is 5.82 Å². The number of hydrogen-bond acceptors (Lipinski definition) is 8. The van der Waals surface area contributed by atoms with Gasteiger partial charge in [0.05, 0.1) is 30.7 Å². The molecule has 0 aliphatic carbocycles. The highest BCUT2D eigenvalue weighted by Gasteiger charge is 2.29. The third kappa shape index (κ3) is 7.32. The molecule has 0 bridgehead atoms. The molecule has 0 saturated carbocycles. The van der Waals surface area contributed by atoms with Crippen molar-refractivity contribution in [3.05, 3.63) is 76.9 Å². The second-order valence-electron chi connectivity index (χ2n) is 10.8. The van der Waals surface area contributed by atoms with Crippen LogP contribution in [-0.4, -0.2) is 65.1 Å². The van der Waals surface area contributed by atoms with Crippen LogP contribution in [0.1, 0.15) is 66.2 Å². The van der Waals surface area contributed by atoms with Crippen molar-refractivity contribution in [2.24, 2.45) is 0 Å². The molecule has 43 heavy (non-hydrogen) atoms. The molecule has 4 rings (SSSR count). The Morgan fingerprint density at radius 1 is 1.12 bits per heavy atom. The molecule has 2 heterocycles. The first-order valence-electron chi connectivity index (χ1n) is 13.9. The summed E-state index contributed by atoms with van der Waals surface area (Å²) in [6.45, 7) is 8.18. The first kappa shape index (κ1) is 31.1. The lowest BCUT2D eigenvalue weighted by Crippen LogP contribution is -2.39. The van der Waals surface area contributed by atoms with Crippen LogP contribution in [0.2, 0.25) is 0 Å². The van der Waals surface area contributed by atoms with E-state index in [4.69, 9.17) is 19.9 Å². The molecule has 0 fully saturated rings. The highest BCUT2D eigenvalue weighted by molar-refractivity contribution is 5.97. The molecular formula is C31H36FN5O6. The number of rotatable bonds is 8. The predicted octanol–water partition coefficient (Wildman–Crippen LogP) is 4.73. The minimum Gasteiger partial charge on any atom is -0.496 e. The summed E-state index contributed by atoms with van der Waals surface area (Å²) in [6, 6.07) is 10.7. The number of esters is 1. The number of nitrogens with two attached hydrogens (primary N) is 1. The van der Waals surface area contributed by atoms with E-state index in [1.807, 2.05) is 26.8 Å². The van der Waals surface area contributed by atoms with E-state index in [0.717, 1.165) is 17.2 Å². The van der Waals surface area contributed by atoms with Gasteiger partial charge in [0.15, 0.2) is 5.69 Å². The second-order valence-corrected chi connectivity index (χ2v) is 10.8. The third-order valence-corrected chi connectivity index (χ3v) is 6.60. The van der Waals surface area contributed by atoms with Crippen molar-refractivity contribution in [3.8, 4) is 11.4 Å². The molecule has 3 N–H and O–H groups in total. The van der Waals surface area contributed by atoms with E-state index in [-0.39, 0.29) is 35.8 Å². The molecule has 0 saturated heterocycles. The lowest BCUT2D eigenvalue weighted by atomic mass is 10.0. The number of anilines is 1. The molecule has 0 atom stereocenters. The van der Waals surface area contributed by atoms with Gasteiger partial charge in [-0.15, -0.1) is 0 Å². The number of benzene rings is 2. The van der Waals surface area contributed by atoms with E-state index in [0.29, 0.717) is 30.9 Å². The Kier molecular flexibility index (Phi) is 9.37. The maximum Gasteiger partial charge on any atom is 0.410 e. The van der Waals surface area contributed by atoms with Gasteiger partial charge in [0.25, 0.3) is 5.91 Å². The lowest BCUT2D eigenvalue weighted by Gasteiger charge is -2.29. The van der Waals surface area contributed by atoms with Crippen molar-refractivity contribution < 1.29 is 33.0 Å². The zero-order valence-electron chi connectivity index (χ0n) is 24.9. The number of nitrogen functional groups attached to an aromatic ring is 1. The van der Waals surface area contributed by atoms with E-state index < -0.39 is 29.4 Å². The molecular weight excluding hydrogens is 557 g/mol. The summed E-state index contributed by atoms with van der Waals surface area (Å²) in [5.41, 5.74) is 8.76. The van der Waals surface area contributed by atoms with Gasteiger partial charge in [0.2, 0.25) is 0 Å². The summed E-state index contributed by atoms with van der Waals surface area (Å²) < 4.78 is 31.0. The van der Waals surface area contributed by atoms with Crippen molar-refractivity contribution in [3.63, 3.8) is 0 Å². The fraction of sp³-hybridized carbons (Fsp3) is 0.355. The van der Waals surface area contributed by atoms with Gasteiger partial charge in [-0.05, 0) is 75.6 Å². The van der Waals surface area contributed by atoms with E-state index in [1.165, 1.54) is 23.9 Å². The molecule has 2 amide bonds. The molecule has 1 aromatic heterocycles. The van der Waals surface area contributed by atoms with Crippen molar-refractivity contribution >= 4 is 29.2 Å². The van der Waals surface area contributed by atoms with Crippen molar-refractivity contribution in [2.45, 2.75) is 46.3 Å². The third-order valence-electron chi connectivity index (χ3n) is 6.60. The highest BCUT2D eigenvalue weighted by atomic mass is 19.1. The minimum atomic E-state index is -0.620. The molecule has 0 spiro atoms. The van der Waals surface area contributed by atoms with E-state index in [1.54, 1.807) is 36.1 Å². The molecule has 11 nitrogen and oxygen atoms in total. The fourth-order valence-corrected chi connectivity index (χ4v) is 4.52.